The molecule has 1 aliphatic rings. The molecule has 21 heavy (non-hydrogen) atoms. The molecule has 0 saturated carbocycles. The molecule has 2 aromatic heterocycles. The molecule has 0 spiro atoms. The maximum atomic E-state index is 10.2. The number of aromatic nitrogens is 4. The van der Waals surface area contributed by atoms with Crippen molar-refractivity contribution in [2.45, 2.75) is 24.0 Å². The zero-order valence-electron chi connectivity index (χ0n) is 10.8. The average Bonchev–Trinajstić information content (AvgIpc) is 3.02. The largest absolute Gasteiger partial charge is 0.392 e. The number of terminal acetylenes is 1. The van der Waals surface area contributed by atoms with Crippen LogP contribution >= 0.6 is 0 Å². The summed E-state index contributed by atoms with van der Waals surface area (Å²) < 4.78 is 6.88. The van der Waals surface area contributed by atoms with Crippen LogP contribution in [0.25, 0.3) is 11.2 Å². The number of ether oxygens (including phenoxy) is 1. The second-order valence-electron chi connectivity index (χ2n) is 4.72. The molecule has 9 nitrogen and oxygen atoms in total. The highest BCUT2D eigenvalue weighted by Crippen LogP contribution is 2.37. The summed E-state index contributed by atoms with van der Waals surface area (Å²) in [4.78, 5) is 11.9. The summed E-state index contributed by atoms with van der Waals surface area (Å²) in [6.45, 7) is -0.637. The van der Waals surface area contributed by atoms with Crippen LogP contribution in [-0.4, -0.2) is 59.3 Å². The van der Waals surface area contributed by atoms with E-state index in [-0.39, 0.29) is 5.82 Å². The fourth-order valence-corrected chi connectivity index (χ4v) is 2.36. The van der Waals surface area contributed by atoms with Gasteiger partial charge in [0.05, 0.1) is 12.9 Å². The maximum Gasteiger partial charge on any atom is 0.182 e. The first-order valence-corrected chi connectivity index (χ1v) is 6.09. The van der Waals surface area contributed by atoms with Gasteiger partial charge in [0, 0.05) is 0 Å². The van der Waals surface area contributed by atoms with Gasteiger partial charge in [-0.05, 0) is 0 Å². The number of imidazole rings is 1. The predicted molar refractivity (Wildman–Crippen MR) is 70.5 cm³/mol. The smallest absolute Gasteiger partial charge is 0.182 e. The summed E-state index contributed by atoms with van der Waals surface area (Å²) in [5.41, 5.74) is 4.66. The molecule has 2 unspecified atom stereocenters. The van der Waals surface area contributed by atoms with Crippen LogP contribution < -0.4 is 5.73 Å². The van der Waals surface area contributed by atoms with E-state index in [0.717, 1.165) is 0 Å². The first-order chi connectivity index (χ1) is 10.0. The number of nitrogen functional groups attached to an aromatic ring is 1. The molecule has 3 rings (SSSR count). The lowest BCUT2D eigenvalue weighted by Gasteiger charge is -2.23. The Morgan fingerprint density at radius 1 is 1.43 bits per heavy atom. The van der Waals surface area contributed by atoms with Crippen molar-refractivity contribution in [3.8, 4) is 12.3 Å². The molecule has 5 N–H and O–H groups in total. The summed E-state index contributed by atoms with van der Waals surface area (Å²) in [6, 6.07) is 0. The van der Waals surface area contributed by atoms with Crippen molar-refractivity contribution in [3.63, 3.8) is 0 Å². The molecule has 3 heterocycles. The maximum absolute atomic E-state index is 10.2. The highest BCUT2D eigenvalue weighted by molar-refractivity contribution is 5.81. The van der Waals surface area contributed by atoms with E-state index < -0.39 is 30.6 Å². The highest BCUT2D eigenvalue weighted by Gasteiger charge is 2.54. The van der Waals surface area contributed by atoms with Gasteiger partial charge >= 0.3 is 0 Å². The fourth-order valence-electron chi connectivity index (χ4n) is 2.36. The second kappa shape index (κ2) is 4.64. The SMILES string of the molecule is C#C[C@]1(CO)O[C@@H](n2cnc3c(N)ncnc32)C(O)C1O. The Morgan fingerprint density at radius 3 is 2.81 bits per heavy atom. The molecule has 0 aromatic carbocycles. The summed E-state index contributed by atoms with van der Waals surface area (Å²) in [5, 5.41) is 29.6. The molecule has 1 fully saturated rings. The fraction of sp³-hybridized carbons (Fsp3) is 0.417. The van der Waals surface area contributed by atoms with Crippen molar-refractivity contribution >= 4 is 17.0 Å². The van der Waals surface area contributed by atoms with Crippen LogP contribution in [0.5, 0.6) is 0 Å². The van der Waals surface area contributed by atoms with Gasteiger partial charge in [-0.1, -0.05) is 5.92 Å². The quantitative estimate of drug-likeness (QED) is 0.467. The Bertz CT molecular complexity index is 726. The summed E-state index contributed by atoms with van der Waals surface area (Å²) in [5.74, 6) is 2.36. The van der Waals surface area contributed by atoms with Gasteiger partial charge in [-0.2, -0.15) is 0 Å². The Kier molecular flexibility index (Phi) is 3.03. The first kappa shape index (κ1) is 13.7. The van der Waals surface area contributed by atoms with E-state index in [1.54, 1.807) is 0 Å². The van der Waals surface area contributed by atoms with E-state index in [4.69, 9.17) is 16.9 Å². The monoisotopic (exact) mass is 291 g/mol. The van der Waals surface area contributed by atoms with Crippen molar-refractivity contribution in [2.24, 2.45) is 0 Å². The molecule has 0 aliphatic carbocycles. The minimum atomic E-state index is -1.68. The number of fused-ring (bicyclic) bond motifs is 1. The van der Waals surface area contributed by atoms with E-state index in [9.17, 15) is 15.3 Å². The Balaban J connectivity index is 2.08. The molecule has 2 aromatic rings. The van der Waals surface area contributed by atoms with Gasteiger partial charge < -0.3 is 25.8 Å². The zero-order chi connectivity index (χ0) is 15.2. The number of hydrogen-bond acceptors (Lipinski definition) is 8. The van der Waals surface area contributed by atoms with Crippen molar-refractivity contribution in [3.05, 3.63) is 12.7 Å². The van der Waals surface area contributed by atoms with Gasteiger partial charge in [0.15, 0.2) is 23.3 Å². The number of rotatable bonds is 2. The molecular formula is C12H13N5O4. The van der Waals surface area contributed by atoms with E-state index >= 15 is 0 Å². The van der Waals surface area contributed by atoms with E-state index in [0.29, 0.717) is 11.2 Å². The number of aliphatic hydroxyl groups excluding tert-OH is 3. The van der Waals surface area contributed by atoms with Crippen molar-refractivity contribution in [2.75, 3.05) is 12.3 Å². The average molecular weight is 291 g/mol. The molecular weight excluding hydrogens is 278 g/mol. The minimum absolute atomic E-state index is 0.178. The number of anilines is 1. The number of hydrogen-bond donors (Lipinski definition) is 4. The van der Waals surface area contributed by atoms with Crippen molar-refractivity contribution < 1.29 is 20.1 Å². The van der Waals surface area contributed by atoms with E-state index in [2.05, 4.69) is 20.9 Å². The van der Waals surface area contributed by atoms with Gasteiger partial charge in [0.25, 0.3) is 0 Å². The van der Waals surface area contributed by atoms with Gasteiger partial charge in [-0.25, -0.2) is 15.0 Å². The predicted octanol–water partition coefficient (Wildman–Crippen LogP) is -1.98. The molecule has 0 bridgehead atoms. The Hall–Kier alpha value is -2.25. The molecule has 110 valence electrons. The van der Waals surface area contributed by atoms with Gasteiger partial charge in [-0.3, -0.25) is 4.57 Å². The molecule has 0 radical (unpaired) electrons. The summed E-state index contributed by atoms with van der Waals surface area (Å²) in [6.07, 6.45) is 4.04. The van der Waals surface area contributed by atoms with Crippen LogP contribution in [0.3, 0.4) is 0 Å². The summed E-state index contributed by atoms with van der Waals surface area (Å²) >= 11 is 0. The van der Waals surface area contributed by atoms with E-state index in [1.165, 1.54) is 17.2 Å². The third-order valence-corrected chi connectivity index (χ3v) is 3.56. The van der Waals surface area contributed by atoms with Crippen LogP contribution in [0.2, 0.25) is 0 Å². The molecule has 4 atom stereocenters. The second-order valence-corrected chi connectivity index (χ2v) is 4.72. The minimum Gasteiger partial charge on any atom is -0.392 e. The van der Waals surface area contributed by atoms with Gasteiger partial charge in [0.1, 0.15) is 24.1 Å². The third kappa shape index (κ3) is 1.78. The van der Waals surface area contributed by atoms with Gasteiger partial charge in [-0.15, -0.1) is 6.42 Å². The van der Waals surface area contributed by atoms with E-state index in [1.807, 2.05) is 0 Å². The number of nitrogens with zero attached hydrogens (tertiary/aromatic N) is 4. The van der Waals surface area contributed by atoms with Crippen molar-refractivity contribution in [1.29, 1.82) is 0 Å². The lowest BCUT2D eigenvalue weighted by Crippen LogP contribution is -2.44. The third-order valence-electron chi connectivity index (χ3n) is 3.56. The Morgan fingerprint density at radius 2 is 2.19 bits per heavy atom. The lowest BCUT2D eigenvalue weighted by atomic mass is 9.97. The standard InChI is InChI=1S/C12H13N5O4/c1-2-12(3-18)8(20)7(19)11(21-12)17-5-16-6-9(13)14-4-15-10(6)17/h1,4-5,7-8,11,18-20H,3H2,(H2,13,14,15)/t7?,8?,11-,12-/m1/s1. The number of aliphatic hydroxyl groups is 3. The normalized spacial score (nSPS) is 32.4. The molecule has 1 saturated heterocycles. The first-order valence-electron chi connectivity index (χ1n) is 6.09. The van der Waals surface area contributed by atoms with Crippen molar-refractivity contribution in [1.82, 2.24) is 19.5 Å². The van der Waals surface area contributed by atoms with Gasteiger partial charge in [0.2, 0.25) is 0 Å². The van der Waals surface area contributed by atoms with Crippen LogP contribution in [-0.2, 0) is 4.74 Å². The zero-order valence-corrected chi connectivity index (χ0v) is 10.8. The molecule has 0 amide bonds. The summed E-state index contributed by atoms with van der Waals surface area (Å²) in [7, 11) is 0. The topological polar surface area (TPSA) is 140 Å². The van der Waals surface area contributed by atoms with Crippen LogP contribution in [0.15, 0.2) is 12.7 Å². The lowest BCUT2D eigenvalue weighted by molar-refractivity contribution is -0.0911. The number of nitrogens with two attached hydrogens (primary N) is 1. The van der Waals surface area contributed by atoms with Crippen LogP contribution in [0.4, 0.5) is 5.82 Å². The van der Waals surface area contributed by atoms with Crippen LogP contribution in [0, 0.1) is 12.3 Å². The van der Waals surface area contributed by atoms with Crippen LogP contribution in [0.1, 0.15) is 6.23 Å². The molecule has 1 aliphatic heterocycles. The Labute approximate surface area is 119 Å². The highest BCUT2D eigenvalue weighted by atomic mass is 16.6. The molecule has 9 heteroatoms.